The molecule has 0 aliphatic carbocycles. The third kappa shape index (κ3) is 3.26. The predicted molar refractivity (Wildman–Crippen MR) is 67.9 cm³/mol. The number of anilines is 1. The molecule has 3 heteroatoms. The van der Waals surface area contributed by atoms with Crippen LogP contribution in [-0.4, -0.2) is 24.0 Å². The van der Waals surface area contributed by atoms with Crippen molar-refractivity contribution in [2.24, 2.45) is 0 Å². The van der Waals surface area contributed by atoms with E-state index in [1.54, 1.807) is 4.90 Å². The zero-order valence-corrected chi connectivity index (χ0v) is 10.5. The van der Waals surface area contributed by atoms with Crippen LogP contribution in [0.4, 0.5) is 10.5 Å². The highest BCUT2D eigenvalue weighted by molar-refractivity contribution is 5.89. The van der Waals surface area contributed by atoms with E-state index in [0.717, 1.165) is 29.9 Å². The minimum absolute atomic E-state index is 0.0324. The molecule has 1 aromatic carbocycles. The lowest BCUT2D eigenvalue weighted by atomic mass is 10.1. The first kappa shape index (κ1) is 12.6. The Balaban J connectivity index is 2.76. The molecule has 3 nitrogen and oxygen atoms in total. The van der Waals surface area contributed by atoms with Gasteiger partial charge in [-0.2, -0.15) is 0 Å². The maximum Gasteiger partial charge on any atom is 0.321 e. The van der Waals surface area contributed by atoms with E-state index in [-0.39, 0.29) is 6.03 Å². The minimum Gasteiger partial charge on any atom is -0.325 e. The Hall–Kier alpha value is -1.51. The first-order valence-electron chi connectivity index (χ1n) is 5.71. The summed E-state index contributed by atoms with van der Waals surface area (Å²) in [7, 11) is 0. The van der Waals surface area contributed by atoms with Crippen molar-refractivity contribution in [3.8, 4) is 0 Å². The van der Waals surface area contributed by atoms with E-state index < -0.39 is 0 Å². The summed E-state index contributed by atoms with van der Waals surface area (Å²) in [6.45, 7) is 9.47. The van der Waals surface area contributed by atoms with E-state index in [1.165, 1.54) is 0 Å². The number of aryl methyl sites for hydroxylation is 2. The normalized spacial score (nSPS) is 10.0. The minimum atomic E-state index is -0.0324. The van der Waals surface area contributed by atoms with Crippen LogP contribution in [0, 0.1) is 13.8 Å². The van der Waals surface area contributed by atoms with Gasteiger partial charge in [-0.25, -0.2) is 4.79 Å². The second-order valence-corrected chi connectivity index (χ2v) is 3.98. The second kappa shape index (κ2) is 5.54. The number of hydrogen-bond acceptors (Lipinski definition) is 1. The molecule has 1 N–H and O–H groups in total. The molecule has 0 saturated carbocycles. The Morgan fingerprint density at radius 1 is 1.12 bits per heavy atom. The van der Waals surface area contributed by atoms with E-state index >= 15 is 0 Å². The van der Waals surface area contributed by atoms with E-state index in [9.17, 15) is 4.79 Å². The number of carbonyl (C=O) groups excluding carboxylic acids is 1. The topological polar surface area (TPSA) is 32.3 Å². The van der Waals surface area contributed by atoms with Gasteiger partial charge in [-0.05, 0) is 51.0 Å². The van der Waals surface area contributed by atoms with E-state index in [2.05, 4.69) is 11.4 Å². The van der Waals surface area contributed by atoms with Gasteiger partial charge in [-0.1, -0.05) is 6.07 Å². The van der Waals surface area contributed by atoms with Crippen LogP contribution in [0.25, 0.3) is 0 Å². The van der Waals surface area contributed by atoms with Crippen molar-refractivity contribution < 1.29 is 4.79 Å². The van der Waals surface area contributed by atoms with Crippen LogP contribution in [0.5, 0.6) is 0 Å². The van der Waals surface area contributed by atoms with Crippen molar-refractivity contribution in [2.75, 3.05) is 18.4 Å². The number of urea groups is 1. The van der Waals surface area contributed by atoms with Crippen LogP contribution in [-0.2, 0) is 0 Å². The summed E-state index contributed by atoms with van der Waals surface area (Å²) in [5.41, 5.74) is 3.19. The van der Waals surface area contributed by atoms with Gasteiger partial charge in [0.1, 0.15) is 0 Å². The van der Waals surface area contributed by atoms with Crippen molar-refractivity contribution in [2.45, 2.75) is 27.7 Å². The number of rotatable bonds is 3. The molecule has 0 spiro atoms. The van der Waals surface area contributed by atoms with Gasteiger partial charge in [0, 0.05) is 18.8 Å². The Labute approximate surface area is 97.5 Å². The van der Waals surface area contributed by atoms with Crippen LogP contribution in [0.15, 0.2) is 18.2 Å². The Morgan fingerprint density at radius 3 is 2.06 bits per heavy atom. The molecule has 2 amide bonds. The molecule has 16 heavy (non-hydrogen) atoms. The molecule has 0 radical (unpaired) electrons. The summed E-state index contributed by atoms with van der Waals surface area (Å²) in [4.78, 5) is 13.6. The van der Waals surface area contributed by atoms with Crippen LogP contribution in [0.2, 0.25) is 0 Å². The van der Waals surface area contributed by atoms with E-state index in [1.807, 2.05) is 39.8 Å². The number of amides is 2. The molecule has 1 aromatic rings. The molecule has 0 aromatic heterocycles. The van der Waals surface area contributed by atoms with Crippen molar-refractivity contribution >= 4 is 11.7 Å². The fraction of sp³-hybridized carbons (Fsp3) is 0.462. The van der Waals surface area contributed by atoms with E-state index in [4.69, 9.17) is 0 Å². The molecule has 0 heterocycles. The van der Waals surface area contributed by atoms with Crippen LogP contribution < -0.4 is 5.32 Å². The zero-order chi connectivity index (χ0) is 12.1. The maximum atomic E-state index is 11.8. The van der Waals surface area contributed by atoms with Gasteiger partial charge in [0.05, 0.1) is 0 Å². The molecule has 0 unspecified atom stereocenters. The average Bonchev–Trinajstić information content (AvgIpc) is 2.17. The standard InChI is InChI=1S/C13H20N2O/c1-5-15(6-2)13(16)14-12-8-10(3)7-11(4)9-12/h7-9H,5-6H2,1-4H3,(H,14,16). The molecule has 1 rings (SSSR count). The van der Waals surface area contributed by atoms with Gasteiger partial charge in [0.15, 0.2) is 0 Å². The fourth-order valence-corrected chi connectivity index (χ4v) is 1.76. The first-order valence-corrected chi connectivity index (χ1v) is 5.71. The van der Waals surface area contributed by atoms with Crippen molar-refractivity contribution in [1.82, 2.24) is 4.90 Å². The molecule has 0 atom stereocenters. The monoisotopic (exact) mass is 220 g/mol. The summed E-state index contributed by atoms with van der Waals surface area (Å²) in [6.07, 6.45) is 0. The summed E-state index contributed by atoms with van der Waals surface area (Å²) in [5.74, 6) is 0. The lowest BCUT2D eigenvalue weighted by molar-refractivity contribution is 0.217. The van der Waals surface area contributed by atoms with E-state index in [0.29, 0.717) is 0 Å². The summed E-state index contributed by atoms with van der Waals surface area (Å²) < 4.78 is 0. The highest BCUT2D eigenvalue weighted by atomic mass is 16.2. The van der Waals surface area contributed by atoms with Crippen molar-refractivity contribution in [1.29, 1.82) is 0 Å². The highest BCUT2D eigenvalue weighted by Gasteiger charge is 2.09. The number of nitrogens with one attached hydrogen (secondary N) is 1. The number of benzene rings is 1. The lowest BCUT2D eigenvalue weighted by Gasteiger charge is -2.19. The van der Waals surface area contributed by atoms with Gasteiger partial charge < -0.3 is 10.2 Å². The van der Waals surface area contributed by atoms with Crippen molar-refractivity contribution in [3.05, 3.63) is 29.3 Å². The Kier molecular flexibility index (Phi) is 4.35. The lowest BCUT2D eigenvalue weighted by Crippen LogP contribution is -2.34. The summed E-state index contributed by atoms with van der Waals surface area (Å²) >= 11 is 0. The molecule has 0 fully saturated rings. The smallest absolute Gasteiger partial charge is 0.321 e. The predicted octanol–water partition coefficient (Wildman–Crippen LogP) is 3.18. The fourth-order valence-electron chi connectivity index (χ4n) is 1.76. The number of hydrogen-bond donors (Lipinski definition) is 1. The van der Waals surface area contributed by atoms with Gasteiger partial charge in [-0.15, -0.1) is 0 Å². The van der Waals surface area contributed by atoms with Crippen LogP contribution >= 0.6 is 0 Å². The molecule has 88 valence electrons. The van der Waals surface area contributed by atoms with Gasteiger partial charge in [0.25, 0.3) is 0 Å². The summed E-state index contributed by atoms with van der Waals surface area (Å²) in [5, 5.41) is 2.91. The third-order valence-corrected chi connectivity index (χ3v) is 2.52. The average molecular weight is 220 g/mol. The first-order chi connectivity index (χ1) is 7.56. The molecular formula is C13H20N2O. The Morgan fingerprint density at radius 2 is 1.62 bits per heavy atom. The van der Waals surface area contributed by atoms with Crippen LogP contribution in [0.3, 0.4) is 0 Å². The third-order valence-electron chi connectivity index (χ3n) is 2.52. The van der Waals surface area contributed by atoms with Gasteiger partial charge in [-0.3, -0.25) is 0 Å². The highest BCUT2D eigenvalue weighted by Crippen LogP contribution is 2.14. The van der Waals surface area contributed by atoms with Gasteiger partial charge >= 0.3 is 6.03 Å². The molecule has 0 aliphatic rings. The molecule has 0 saturated heterocycles. The largest absolute Gasteiger partial charge is 0.325 e. The SMILES string of the molecule is CCN(CC)C(=O)Nc1cc(C)cc(C)c1. The second-order valence-electron chi connectivity index (χ2n) is 3.98. The quantitative estimate of drug-likeness (QED) is 0.833. The van der Waals surface area contributed by atoms with Crippen molar-refractivity contribution in [3.63, 3.8) is 0 Å². The van der Waals surface area contributed by atoms with Crippen LogP contribution in [0.1, 0.15) is 25.0 Å². The zero-order valence-electron chi connectivity index (χ0n) is 10.5. The molecule has 0 aliphatic heterocycles. The summed E-state index contributed by atoms with van der Waals surface area (Å²) in [6, 6.07) is 6.02. The number of carbonyl (C=O) groups is 1. The maximum absolute atomic E-state index is 11.8. The van der Waals surface area contributed by atoms with Gasteiger partial charge in [0.2, 0.25) is 0 Å². The Bertz CT molecular complexity index is 350. The molecular weight excluding hydrogens is 200 g/mol. The molecule has 0 bridgehead atoms. The number of nitrogens with zero attached hydrogens (tertiary/aromatic N) is 1.